The highest BCUT2D eigenvalue weighted by Gasteiger charge is 2.34. The van der Waals surface area contributed by atoms with Gasteiger partial charge in [0.1, 0.15) is 6.04 Å². The van der Waals surface area contributed by atoms with E-state index < -0.39 is 23.7 Å². The van der Waals surface area contributed by atoms with E-state index in [2.05, 4.69) is 0 Å². The second-order valence-electron chi connectivity index (χ2n) is 7.14. The van der Waals surface area contributed by atoms with Crippen molar-refractivity contribution in [3.8, 4) is 0 Å². The lowest BCUT2D eigenvalue weighted by Crippen LogP contribution is -2.51. The van der Waals surface area contributed by atoms with Crippen molar-refractivity contribution in [2.75, 3.05) is 0 Å². The van der Waals surface area contributed by atoms with Crippen LogP contribution in [0.5, 0.6) is 0 Å². The average Bonchev–Trinajstić information content (AvgIpc) is 2.66. The standard InChI is InChI=1S/C21H21F3N2O2/c1-13(14-6-8-17(9-7-14)21(22,23)24)10-19(27)26-12-16-5-3-2-4-15(16)11-18(26)20(25)28/h2-9,13,18H,10-12H2,1H3,(H2,25,28)/t13-,18+/m1/s1. The summed E-state index contributed by atoms with van der Waals surface area (Å²) in [5, 5.41) is 0. The SMILES string of the molecule is C[C@H](CC(=O)N1Cc2ccccc2C[C@H]1C(N)=O)c1ccc(C(F)(F)F)cc1. The molecular weight excluding hydrogens is 369 g/mol. The van der Waals surface area contributed by atoms with Crippen molar-refractivity contribution in [3.63, 3.8) is 0 Å². The number of nitrogens with two attached hydrogens (primary N) is 1. The summed E-state index contributed by atoms with van der Waals surface area (Å²) in [6.07, 6.45) is -3.95. The topological polar surface area (TPSA) is 63.4 Å². The molecule has 4 nitrogen and oxygen atoms in total. The van der Waals surface area contributed by atoms with Crippen LogP contribution in [0.25, 0.3) is 0 Å². The smallest absolute Gasteiger partial charge is 0.368 e. The lowest BCUT2D eigenvalue weighted by molar-refractivity contribution is -0.141. The highest BCUT2D eigenvalue weighted by atomic mass is 19.4. The number of rotatable bonds is 4. The van der Waals surface area contributed by atoms with Gasteiger partial charge >= 0.3 is 6.18 Å². The largest absolute Gasteiger partial charge is 0.416 e. The fourth-order valence-corrected chi connectivity index (χ4v) is 3.54. The number of carbonyl (C=O) groups is 2. The number of primary amides is 1. The molecule has 0 fully saturated rings. The Morgan fingerprint density at radius 1 is 1.11 bits per heavy atom. The van der Waals surface area contributed by atoms with E-state index in [1.165, 1.54) is 17.0 Å². The minimum Gasteiger partial charge on any atom is -0.368 e. The summed E-state index contributed by atoms with van der Waals surface area (Å²) in [4.78, 5) is 26.2. The third-order valence-corrected chi connectivity index (χ3v) is 5.19. The van der Waals surface area contributed by atoms with Gasteiger partial charge in [-0.05, 0) is 34.7 Å². The number of alkyl halides is 3. The third kappa shape index (κ3) is 4.18. The highest BCUT2D eigenvalue weighted by Crippen LogP contribution is 2.31. The number of hydrogen-bond donors (Lipinski definition) is 1. The van der Waals surface area contributed by atoms with Gasteiger partial charge in [0.25, 0.3) is 0 Å². The lowest BCUT2D eigenvalue weighted by Gasteiger charge is -2.35. The average molecular weight is 390 g/mol. The third-order valence-electron chi connectivity index (χ3n) is 5.19. The molecule has 3 rings (SSSR count). The molecule has 28 heavy (non-hydrogen) atoms. The molecular formula is C21H21F3N2O2. The first-order chi connectivity index (χ1) is 13.2. The molecule has 0 aromatic heterocycles. The molecule has 7 heteroatoms. The van der Waals surface area contributed by atoms with Gasteiger partial charge < -0.3 is 10.6 Å². The summed E-state index contributed by atoms with van der Waals surface area (Å²) in [7, 11) is 0. The van der Waals surface area contributed by atoms with Crippen LogP contribution in [0.4, 0.5) is 13.2 Å². The van der Waals surface area contributed by atoms with Crippen LogP contribution < -0.4 is 5.73 Å². The molecule has 2 atom stereocenters. The van der Waals surface area contributed by atoms with Crippen molar-refractivity contribution in [1.82, 2.24) is 4.90 Å². The van der Waals surface area contributed by atoms with E-state index in [-0.39, 0.29) is 18.2 Å². The van der Waals surface area contributed by atoms with Gasteiger partial charge in [-0.15, -0.1) is 0 Å². The van der Waals surface area contributed by atoms with Crippen molar-refractivity contribution in [1.29, 1.82) is 0 Å². The summed E-state index contributed by atoms with van der Waals surface area (Å²) < 4.78 is 38.1. The number of halogens is 3. The van der Waals surface area contributed by atoms with E-state index in [1.54, 1.807) is 6.92 Å². The molecule has 2 N–H and O–H groups in total. The van der Waals surface area contributed by atoms with E-state index >= 15 is 0 Å². The number of carbonyl (C=O) groups excluding carboxylic acids is 2. The molecule has 0 bridgehead atoms. The van der Waals surface area contributed by atoms with Gasteiger partial charge in [0.05, 0.1) is 5.56 Å². The number of fused-ring (bicyclic) bond motifs is 1. The first-order valence-electron chi connectivity index (χ1n) is 8.99. The summed E-state index contributed by atoms with van der Waals surface area (Å²) in [6, 6.07) is 11.7. The van der Waals surface area contributed by atoms with Crippen LogP contribution in [0.2, 0.25) is 0 Å². The quantitative estimate of drug-likeness (QED) is 0.866. The van der Waals surface area contributed by atoms with Gasteiger partial charge in [-0.1, -0.05) is 43.3 Å². The molecule has 0 saturated heterocycles. The Balaban J connectivity index is 1.75. The zero-order valence-corrected chi connectivity index (χ0v) is 15.4. The van der Waals surface area contributed by atoms with Crippen molar-refractivity contribution >= 4 is 11.8 Å². The maximum atomic E-state index is 12.9. The predicted octanol–water partition coefficient (Wildman–Crippen LogP) is 3.64. The normalized spacial score (nSPS) is 17.7. The maximum Gasteiger partial charge on any atom is 0.416 e. The van der Waals surface area contributed by atoms with E-state index in [0.29, 0.717) is 18.5 Å². The predicted molar refractivity (Wildman–Crippen MR) is 98.2 cm³/mol. The van der Waals surface area contributed by atoms with Crippen LogP contribution in [0.15, 0.2) is 48.5 Å². The molecule has 1 aliphatic rings. The van der Waals surface area contributed by atoms with Crippen LogP contribution >= 0.6 is 0 Å². The molecule has 1 heterocycles. The van der Waals surface area contributed by atoms with Crippen LogP contribution in [0, 0.1) is 0 Å². The van der Waals surface area contributed by atoms with E-state index in [4.69, 9.17) is 5.73 Å². The summed E-state index contributed by atoms with van der Waals surface area (Å²) in [6.45, 7) is 2.07. The molecule has 2 aromatic rings. The van der Waals surface area contributed by atoms with E-state index in [1.807, 2.05) is 24.3 Å². The van der Waals surface area contributed by atoms with Gasteiger partial charge in [-0.25, -0.2) is 0 Å². The minimum absolute atomic E-state index is 0.0807. The number of amides is 2. The Kier molecular flexibility index (Phi) is 5.45. The van der Waals surface area contributed by atoms with Gasteiger partial charge in [0.2, 0.25) is 11.8 Å². The van der Waals surface area contributed by atoms with Gasteiger partial charge in [-0.3, -0.25) is 9.59 Å². The summed E-state index contributed by atoms with van der Waals surface area (Å²) in [5.41, 5.74) is 7.38. The van der Waals surface area contributed by atoms with E-state index in [0.717, 1.165) is 23.3 Å². The Hall–Kier alpha value is -2.83. The van der Waals surface area contributed by atoms with Crippen molar-refractivity contribution in [3.05, 3.63) is 70.8 Å². The monoisotopic (exact) mass is 390 g/mol. The summed E-state index contributed by atoms with van der Waals surface area (Å²) in [5.74, 6) is -1.10. The van der Waals surface area contributed by atoms with Crippen molar-refractivity contribution in [2.45, 2.75) is 44.4 Å². The minimum atomic E-state index is -4.40. The maximum absolute atomic E-state index is 12.9. The Bertz CT molecular complexity index is 878. The molecule has 148 valence electrons. The zero-order valence-electron chi connectivity index (χ0n) is 15.4. The van der Waals surface area contributed by atoms with Crippen LogP contribution in [-0.2, 0) is 28.7 Å². The molecule has 2 amide bonds. The van der Waals surface area contributed by atoms with E-state index in [9.17, 15) is 22.8 Å². The fraction of sp³-hybridized carbons (Fsp3) is 0.333. The second-order valence-corrected chi connectivity index (χ2v) is 7.14. The fourth-order valence-electron chi connectivity index (χ4n) is 3.54. The molecule has 1 aliphatic heterocycles. The van der Waals surface area contributed by atoms with Gasteiger partial charge in [-0.2, -0.15) is 13.2 Å². The molecule has 0 saturated carbocycles. The first-order valence-corrected chi connectivity index (χ1v) is 8.99. The molecule has 0 unspecified atom stereocenters. The van der Waals surface area contributed by atoms with Crippen molar-refractivity contribution in [2.24, 2.45) is 5.73 Å². The molecule has 0 radical (unpaired) electrons. The Labute approximate surface area is 161 Å². The zero-order chi connectivity index (χ0) is 20.5. The number of benzene rings is 2. The van der Waals surface area contributed by atoms with Gasteiger partial charge in [0, 0.05) is 19.4 Å². The Morgan fingerprint density at radius 3 is 2.29 bits per heavy atom. The Morgan fingerprint density at radius 2 is 1.71 bits per heavy atom. The lowest BCUT2D eigenvalue weighted by atomic mass is 9.91. The highest BCUT2D eigenvalue weighted by molar-refractivity contribution is 5.87. The molecule has 2 aromatic carbocycles. The first kappa shape index (κ1) is 19.9. The summed E-state index contributed by atoms with van der Waals surface area (Å²) >= 11 is 0. The number of nitrogens with zero attached hydrogens (tertiary/aromatic N) is 1. The van der Waals surface area contributed by atoms with Crippen LogP contribution in [-0.4, -0.2) is 22.8 Å². The molecule has 0 aliphatic carbocycles. The van der Waals surface area contributed by atoms with Crippen molar-refractivity contribution < 1.29 is 22.8 Å². The van der Waals surface area contributed by atoms with Crippen LogP contribution in [0.3, 0.4) is 0 Å². The number of hydrogen-bond acceptors (Lipinski definition) is 2. The van der Waals surface area contributed by atoms with Gasteiger partial charge in [0.15, 0.2) is 0 Å². The van der Waals surface area contributed by atoms with Crippen LogP contribution in [0.1, 0.15) is 41.5 Å². The molecule has 0 spiro atoms. The second kappa shape index (κ2) is 7.66.